The molecule has 6 aliphatic rings. The molecule has 0 aliphatic carbocycles. The van der Waals surface area contributed by atoms with Crippen LogP contribution in [0.3, 0.4) is 0 Å². The predicted octanol–water partition coefficient (Wildman–Crippen LogP) is 7.76. The Kier molecular flexibility index (Phi) is 20.1. The number of aromatic nitrogens is 6. The molecule has 6 fully saturated rings. The van der Waals surface area contributed by atoms with E-state index in [1.54, 1.807) is 27.7 Å². The molecule has 86 heavy (non-hydrogen) atoms. The molecule has 22 nitrogen and oxygen atoms in total. The highest BCUT2D eigenvalue weighted by atomic mass is 35.5. The van der Waals surface area contributed by atoms with Crippen LogP contribution in [0.5, 0.6) is 0 Å². The van der Waals surface area contributed by atoms with Crippen LogP contribution in [-0.4, -0.2) is 141 Å². The highest BCUT2D eigenvalue weighted by Gasteiger charge is 2.63. The smallest absolute Gasteiger partial charge is 0.335 e. The molecular weight excluding hydrogens is 1130 g/mol. The zero-order chi connectivity index (χ0) is 60.6. The molecule has 6 saturated heterocycles. The van der Waals surface area contributed by atoms with Gasteiger partial charge in [-0.05, 0) is 145 Å². The van der Waals surface area contributed by atoms with Crippen molar-refractivity contribution in [1.82, 2.24) is 44.5 Å². The van der Waals surface area contributed by atoms with Crippen LogP contribution >= 0.6 is 11.8 Å². The van der Waals surface area contributed by atoms with E-state index in [0.29, 0.717) is 32.6 Å². The molecule has 4 unspecified atom stereocenters. The van der Waals surface area contributed by atoms with Crippen LogP contribution in [0.4, 0.5) is 0 Å². The quantitative estimate of drug-likeness (QED) is 0.0736. The van der Waals surface area contributed by atoms with E-state index in [-0.39, 0.29) is 12.2 Å². The lowest BCUT2D eigenvalue weighted by Gasteiger charge is -2.36. The minimum absolute atomic E-state index is 0.0565. The third-order valence-corrected chi connectivity index (χ3v) is 14.9. The summed E-state index contributed by atoms with van der Waals surface area (Å²) in [6.07, 6.45) is 5.24. The Morgan fingerprint density at radius 3 is 1.16 bits per heavy atom. The van der Waals surface area contributed by atoms with Gasteiger partial charge in [-0.1, -0.05) is 36.4 Å². The Bertz CT molecular complexity index is 3060. The van der Waals surface area contributed by atoms with E-state index in [0.717, 1.165) is 64.9 Å². The number of carboxylic acids is 1. The molecule has 0 saturated carbocycles. The third kappa shape index (κ3) is 16.7. The highest BCUT2D eigenvalue weighted by Crippen LogP contribution is 2.46. The number of nitrogens with one attached hydrogen (secondary N) is 1. The number of nitrogens with zero attached hydrogens (tertiary/aromatic N) is 8. The van der Waals surface area contributed by atoms with Gasteiger partial charge in [0.15, 0.2) is 47.6 Å². The zero-order valence-electron chi connectivity index (χ0n) is 49.6. The molecule has 12 heterocycles. The number of aliphatic carboxylic acids is 1. The van der Waals surface area contributed by atoms with Gasteiger partial charge in [-0.3, -0.25) is 44.5 Å². The van der Waals surface area contributed by atoms with Crippen molar-refractivity contribution in [1.29, 1.82) is 0 Å². The second kappa shape index (κ2) is 27.5. The maximum atomic E-state index is 13.4. The fourth-order valence-corrected chi connectivity index (χ4v) is 11.4. The first kappa shape index (κ1) is 62.8. The van der Waals surface area contributed by atoms with Crippen molar-refractivity contribution in [3.05, 3.63) is 180 Å². The van der Waals surface area contributed by atoms with Crippen molar-refractivity contribution in [2.24, 2.45) is 0 Å². The largest absolute Gasteiger partial charge is 0.479 e. The predicted molar refractivity (Wildman–Crippen MR) is 310 cm³/mol. The number of carboxylic acid groups (broad SMARTS) is 1. The van der Waals surface area contributed by atoms with Gasteiger partial charge in [0.05, 0.1) is 34.2 Å². The summed E-state index contributed by atoms with van der Waals surface area (Å²) in [4.78, 5) is 59.0. The van der Waals surface area contributed by atoms with Crippen LogP contribution in [-0.2, 0) is 109 Å². The van der Waals surface area contributed by atoms with Crippen LogP contribution in [0, 0.1) is 0 Å². The molecule has 0 aromatic carbocycles. The van der Waals surface area contributed by atoms with E-state index in [4.69, 9.17) is 64.1 Å². The molecule has 0 amide bonds. The van der Waals surface area contributed by atoms with Gasteiger partial charge < -0.3 is 52.5 Å². The summed E-state index contributed by atoms with van der Waals surface area (Å²) < 4.78 is 58.6. The Morgan fingerprint density at radius 2 is 0.802 bits per heavy atom. The van der Waals surface area contributed by atoms with Gasteiger partial charge >= 0.3 is 5.97 Å². The van der Waals surface area contributed by atoms with Crippen molar-refractivity contribution >= 4 is 23.5 Å². The molecule has 23 heteroatoms. The molecule has 0 radical (unpaired) electrons. The summed E-state index contributed by atoms with van der Waals surface area (Å²) in [6, 6.07) is 31.9. The third-order valence-electron chi connectivity index (χ3n) is 14.8. The molecule has 10 atom stereocenters. The Morgan fingerprint density at radius 1 is 0.453 bits per heavy atom. The maximum Gasteiger partial charge on any atom is 0.335 e. The summed E-state index contributed by atoms with van der Waals surface area (Å²) >= 11 is 5.54. The van der Waals surface area contributed by atoms with Gasteiger partial charge in [0, 0.05) is 89.4 Å². The number of fused-ring (bicyclic) bond motifs is 6. The van der Waals surface area contributed by atoms with E-state index in [1.807, 2.05) is 162 Å². The number of pyridine rings is 6. The fraction of sp³-hybridized carbons (Fsp3) is 0.492. The number of rotatable bonds is 19. The molecule has 12 rings (SSSR count). The normalized spacial score (nSPS) is 26.9. The molecule has 6 aromatic heterocycles. The second-order valence-electron chi connectivity index (χ2n) is 23.7. The van der Waals surface area contributed by atoms with E-state index in [9.17, 15) is 14.7 Å². The first-order chi connectivity index (χ1) is 41.2. The number of carbonyl (C=O) groups excluding carboxylic acids is 1. The lowest BCUT2D eigenvalue weighted by molar-refractivity contribution is -0.237. The number of ether oxygens (including phenoxy) is 10. The van der Waals surface area contributed by atoms with Gasteiger partial charge in [-0.25, -0.2) is 9.63 Å². The molecule has 0 bridgehead atoms. The van der Waals surface area contributed by atoms with Crippen LogP contribution in [0.25, 0.3) is 0 Å². The summed E-state index contributed by atoms with van der Waals surface area (Å²) in [5.41, 5.74) is 8.00. The molecular formula is C63H76ClN9O13. The number of carbonyl (C=O) groups is 2. The summed E-state index contributed by atoms with van der Waals surface area (Å²) in [7, 11) is 0. The van der Waals surface area contributed by atoms with Crippen LogP contribution < -0.4 is 4.84 Å². The number of hydrogen-bond acceptors (Lipinski definition) is 21. The SMILES string of the molecule is CC1(C)OC2OC(C(=O)CCc3ccc(CN(Cc4ccccn4)Cc4ccccn4)nc3)[C@@H]3OC(C)(C)O[C@@H]3[C@H]2O1.CC1(C)OC2OC(C(=O)O)[C@@H]3OC(C)(C)O[C@@H]3[C@H]2O1.ClNCc1ccc(CN(Cc2ccccn2)Cc2ccccn2)nc1. The lowest BCUT2D eigenvalue weighted by atomic mass is 9.94. The Labute approximate surface area is 506 Å². The number of hydrogen-bond donors (Lipinski definition) is 2. The first-order valence-corrected chi connectivity index (χ1v) is 29.3. The van der Waals surface area contributed by atoms with E-state index in [2.05, 4.69) is 39.6 Å². The average Bonchev–Trinajstić information content (AvgIpc) is 1.63. The molecule has 458 valence electrons. The maximum absolute atomic E-state index is 13.4. The Balaban J connectivity index is 0.000000158. The summed E-state index contributed by atoms with van der Waals surface area (Å²) in [5, 5.41) is 9.25. The fourth-order valence-electron chi connectivity index (χ4n) is 11.2. The van der Waals surface area contributed by atoms with Gasteiger partial charge in [0.2, 0.25) is 0 Å². The number of ketones is 1. The van der Waals surface area contributed by atoms with Crippen LogP contribution in [0.2, 0.25) is 0 Å². The van der Waals surface area contributed by atoms with E-state index >= 15 is 0 Å². The number of halogens is 1. The minimum Gasteiger partial charge on any atom is -0.479 e. The van der Waals surface area contributed by atoms with Crippen LogP contribution in [0.1, 0.15) is 107 Å². The monoisotopic (exact) mass is 1200 g/mol. The second-order valence-corrected chi connectivity index (χ2v) is 24.0. The van der Waals surface area contributed by atoms with Crippen LogP contribution in [0.15, 0.2) is 134 Å². The van der Waals surface area contributed by atoms with Crippen molar-refractivity contribution in [2.75, 3.05) is 0 Å². The number of Topliss-reactive ketones (excluding diaryl/α,β-unsaturated/α-hetero) is 1. The standard InChI is InChI=1S/C32H38N4O6.C19H20ClN5.C12H18O7/c1-31(2)39-27-26(38-30-29(28(27)40-31)41-32(3,4)42-30)25(37)14-12-21-11-13-24(35-17-21)20-36(18-22-9-5-7-15-33-22)19-23-10-6-8-16-34-23;20-24-12-16-7-8-19(23-11-16)15-25(13-17-5-1-3-9-21-17)14-18-6-2-4-10-22-18;1-11(2)16-5-6(17-11)8-10(15-7(5)9(13)14)19-12(3,4)18-8/h5-11,13,15-17,26-30H,12,14,18-20H2,1-4H3;1-11,24H,12-15H2;5-8,10H,1-4H3,(H,13,14)/t26?,27-,28-,29+,30?;;5-,6+,7?,8-,10?/m0.1/s1. The van der Waals surface area contributed by atoms with Gasteiger partial charge in [-0.2, -0.15) is 0 Å². The summed E-state index contributed by atoms with van der Waals surface area (Å²) in [6.45, 7) is 19.1. The van der Waals surface area contributed by atoms with Gasteiger partial charge in [0.25, 0.3) is 0 Å². The molecule has 6 aliphatic heterocycles. The molecule has 2 N–H and O–H groups in total. The highest BCUT2D eigenvalue weighted by molar-refractivity contribution is 6.13. The van der Waals surface area contributed by atoms with Crippen molar-refractivity contribution in [2.45, 2.75) is 199 Å². The van der Waals surface area contributed by atoms with Gasteiger partial charge in [-0.15, -0.1) is 0 Å². The van der Waals surface area contributed by atoms with Crippen molar-refractivity contribution in [3.8, 4) is 0 Å². The average molecular weight is 1200 g/mol. The van der Waals surface area contributed by atoms with E-state index < -0.39 is 90.5 Å². The topological polar surface area (TPSA) is 243 Å². The van der Waals surface area contributed by atoms with Gasteiger partial charge in [0.1, 0.15) is 42.7 Å². The zero-order valence-corrected chi connectivity index (χ0v) is 50.4. The molecule has 0 spiro atoms. The number of aryl methyl sites for hydroxylation is 1. The minimum atomic E-state index is -1.12. The lowest BCUT2D eigenvalue weighted by Crippen LogP contribution is -2.57. The van der Waals surface area contributed by atoms with Crippen molar-refractivity contribution < 1.29 is 62.1 Å². The van der Waals surface area contributed by atoms with E-state index in [1.165, 1.54) is 0 Å². The first-order valence-electron chi connectivity index (χ1n) is 28.9. The summed E-state index contributed by atoms with van der Waals surface area (Å²) in [5.74, 6) is -4.52. The molecule has 6 aromatic rings. The Hall–Kier alpha value is -6.19. The van der Waals surface area contributed by atoms with Crippen molar-refractivity contribution in [3.63, 3.8) is 0 Å².